The number of nitrogens with two attached hydrogens (primary N) is 2. The minimum absolute atomic E-state index is 0.0000913. The standard InChI is InChI=1S/C16H29N5O6S/c1-8(2)5-10(16(26)27)21-14(24)9(3-4-12(18)22)20-15(25)11(7-28)19-13(23)6-17/h8-11,28H,3-7,17H2,1-2H3,(H2,18,22)(H,19,23)(H,20,25)(H,21,24)(H,26,27). The number of aliphatic carboxylic acids is 1. The van der Waals surface area contributed by atoms with Gasteiger partial charge in [0.1, 0.15) is 18.1 Å². The number of carbonyl (C=O) groups is 5. The van der Waals surface area contributed by atoms with E-state index in [4.69, 9.17) is 11.5 Å². The highest BCUT2D eigenvalue weighted by atomic mass is 32.1. The average molecular weight is 420 g/mol. The van der Waals surface area contributed by atoms with Crippen molar-refractivity contribution in [1.82, 2.24) is 16.0 Å². The molecule has 0 aliphatic carbocycles. The van der Waals surface area contributed by atoms with Gasteiger partial charge in [0.2, 0.25) is 23.6 Å². The number of nitrogens with one attached hydrogen (secondary N) is 3. The first-order valence-corrected chi connectivity index (χ1v) is 9.37. The summed E-state index contributed by atoms with van der Waals surface area (Å²) in [4.78, 5) is 58.7. The van der Waals surface area contributed by atoms with Crippen LogP contribution in [0, 0.1) is 5.92 Å². The van der Waals surface area contributed by atoms with Crippen LogP contribution >= 0.6 is 12.6 Å². The molecule has 0 heterocycles. The smallest absolute Gasteiger partial charge is 0.326 e. The predicted octanol–water partition coefficient (Wildman–Crippen LogP) is -2.27. The van der Waals surface area contributed by atoms with Gasteiger partial charge in [0.25, 0.3) is 0 Å². The van der Waals surface area contributed by atoms with Crippen LogP contribution in [0.4, 0.5) is 0 Å². The van der Waals surface area contributed by atoms with E-state index in [-0.39, 0.29) is 37.5 Å². The van der Waals surface area contributed by atoms with Crippen LogP contribution in [0.2, 0.25) is 0 Å². The Morgan fingerprint density at radius 3 is 1.93 bits per heavy atom. The third-order valence-electron chi connectivity index (χ3n) is 3.65. The van der Waals surface area contributed by atoms with Crippen LogP contribution in [0.15, 0.2) is 0 Å². The van der Waals surface area contributed by atoms with E-state index in [1.165, 1.54) is 0 Å². The van der Waals surface area contributed by atoms with Crippen molar-refractivity contribution in [2.24, 2.45) is 17.4 Å². The molecule has 0 aromatic heterocycles. The Morgan fingerprint density at radius 1 is 0.964 bits per heavy atom. The summed E-state index contributed by atoms with van der Waals surface area (Å²) in [6.45, 7) is 3.26. The van der Waals surface area contributed by atoms with E-state index in [1.54, 1.807) is 13.8 Å². The summed E-state index contributed by atoms with van der Waals surface area (Å²) in [6, 6.07) is -3.43. The Kier molecular flexibility index (Phi) is 11.9. The maximum absolute atomic E-state index is 12.5. The topological polar surface area (TPSA) is 194 Å². The van der Waals surface area contributed by atoms with E-state index in [0.717, 1.165) is 0 Å². The number of rotatable bonds is 13. The number of amides is 4. The SMILES string of the molecule is CC(C)CC(NC(=O)C(CCC(N)=O)NC(=O)C(CS)NC(=O)CN)C(=O)O. The second-order valence-corrected chi connectivity index (χ2v) is 6.97. The zero-order chi connectivity index (χ0) is 21.9. The monoisotopic (exact) mass is 419 g/mol. The van der Waals surface area contributed by atoms with E-state index < -0.39 is 47.7 Å². The van der Waals surface area contributed by atoms with Crippen molar-refractivity contribution in [3.8, 4) is 0 Å². The Morgan fingerprint density at radius 2 is 1.50 bits per heavy atom. The molecule has 0 saturated heterocycles. The minimum Gasteiger partial charge on any atom is -0.480 e. The van der Waals surface area contributed by atoms with Gasteiger partial charge in [0, 0.05) is 12.2 Å². The zero-order valence-corrected chi connectivity index (χ0v) is 16.8. The first-order chi connectivity index (χ1) is 13.0. The van der Waals surface area contributed by atoms with Crippen molar-refractivity contribution in [2.45, 2.75) is 51.2 Å². The molecule has 0 aliphatic rings. The summed E-state index contributed by atoms with van der Waals surface area (Å²) in [5, 5.41) is 16.3. The molecule has 0 aromatic rings. The van der Waals surface area contributed by atoms with E-state index >= 15 is 0 Å². The van der Waals surface area contributed by atoms with Crippen molar-refractivity contribution in [3.63, 3.8) is 0 Å². The van der Waals surface area contributed by atoms with E-state index in [2.05, 4.69) is 28.6 Å². The number of primary amides is 1. The number of carboxylic acid groups (broad SMARTS) is 1. The van der Waals surface area contributed by atoms with Crippen LogP contribution < -0.4 is 27.4 Å². The van der Waals surface area contributed by atoms with Gasteiger partial charge in [0.15, 0.2) is 0 Å². The van der Waals surface area contributed by atoms with Gasteiger partial charge in [-0.05, 0) is 18.8 Å². The lowest BCUT2D eigenvalue weighted by Gasteiger charge is -2.24. The Balaban J connectivity index is 5.25. The maximum atomic E-state index is 12.5. The molecular formula is C16H29N5O6S. The second kappa shape index (κ2) is 12.9. The molecule has 4 amide bonds. The van der Waals surface area contributed by atoms with Crippen LogP contribution in [-0.2, 0) is 24.0 Å². The molecule has 0 spiro atoms. The molecule has 160 valence electrons. The van der Waals surface area contributed by atoms with Crippen LogP contribution in [0.3, 0.4) is 0 Å². The summed E-state index contributed by atoms with van der Waals surface area (Å²) in [6.07, 6.45) is -0.157. The van der Waals surface area contributed by atoms with Crippen molar-refractivity contribution in [1.29, 1.82) is 0 Å². The predicted molar refractivity (Wildman–Crippen MR) is 104 cm³/mol. The van der Waals surface area contributed by atoms with Gasteiger partial charge in [-0.3, -0.25) is 19.2 Å². The van der Waals surface area contributed by atoms with Crippen molar-refractivity contribution >= 4 is 42.2 Å². The lowest BCUT2D eigenvalue weighted by Crippen LogP contribution is -2.56. The first-order valence-electron chi connectivity index (χ1n) is 8.73. The Labute approximate surface area is 168 Å². The van der Waals surface area contributed by atoms with Crippen molar-refractivity contribution in [2.75, 3.05) is 12.3 Å². The fourth-order valence-corrected chi connectivity index (χ4v) is 2.50. The number of thiol groups is 1. The molecule has 0 aromatic carbocycles. The number of hydrogen-bond acceptors (Lipinski definition) is 7. The van der Waals surface area contributed by atoms with Gasteiger partial charge in [-0.2, -0.15) is 12.6 Å². The molecule has 3 unspecified atom stereocenters. The molecule has 0 saturated carbocycles. The van der Waals surface area contributed by atoms with Crippen LogP contribution in [0.25, 0.3) is 0 Å². The lowest BCUT2D eigenvalue weighted by molar-refractivity contribution is -0.143. The average Bonchev–Trinajstić information content (AvgIpc) is 2.61. The molecule has 12 heteroatoms. The fourth-order valence-electron chi connectivity index (χ4n) is 2.24. The third kappa shape index (κ3) is 10.1. The summed E-state index contributed by atoms with van der Waals surface area (Å²) in [7, 11) is 0. The lowest BCUT2D eigenvalue weighted by atomic mass is 10.0. The summed E-state index contributed by atoms with van der Waals surface area (Å²) >= 11 is 3.98. The maximum Gasteiger partial charge on any atom is 0.326 e. The molecule has 0 bridgehead atoms. The summed E-state index contributed by atoms with van der Waals surface area (Å²) < 4.78 is 0. The molecule has 0 fully saturated rings. The van der Waals surface area contributed by atoms with E-state index in [1.807, 2.05) is 0 Å². The van der Waals surface area contributed by atoms with E-state index in [0.29, 0.717) is 0 Å². The Bertz CT molecular complexity index is 586. The highest BCUT2D eigenvalue weighted by Gasteiger charge is 2.29. The molecule has 8 N–H and O–H groups in total. The molecule has 3 atom stereocenters. The first kappa shape index (κ1) is 25.7. The number of carbonyl (C=O) groups excluding carboxylic acids is 4. The third-order valence-corrected chi connectivity index (χ3v) is 4.02. The van der Waals surface area contributed by atoms with Gasteiger partial charge < -0.3 is 32.5 Å². The molecule has 28 heavy (non-hydrogen) atoms. The molecule has 0 aliphatic heterocycles. The highest BCUT2D eigenvalue weighted by Crippen LogP contribution is 2.07. The molecule has 0 radical (unpaired) electrons. The van der Waals surface area contributed by atoms with Gasteiger partial charge >= 0.3 is 5.97 Å². The van der Waals surface area contributed by atoms with Crippen molar-refractivity contribution in [3.05, 3.63) is 0 Å². The zero-order valence-electron chi connectivity index (χ0n) is 15.9. The summed E-state index contributed by atoms with van der Waals surface area (Å²) in [5.41, 5.74) is 10.3. The molecular weight excluding hydrogens is 390 g/mol. The summed E-state index contributed by atoms with van der Waals surface area (Å²) in [5.74, 6) is -4.05. The van der Waals surface area contributed by atoms with Crippen LogP contribution in [0.5, 0.6) is 0 Å². The van der Waals surface area contributed by atoms with Crippen LogP contribution in [-0.4, -0.2) is 65.1 Å². The van der Waals surface area contributed by atoms with Gasteiger partial charge in [0.05, 0.1) is 6.54 Å². The number of carboxylic acids is 1. The molecule has 11 nitrogen and oxygen atoms in total. The minimum atomic E-state index is -1.22. The van der Waals surface area contributed by atoms with Crippen LogP contribution in [0.1, 0.15) is 33.1 Å². The number of hydrogen-bond donors (Lipinski definition) is 7. The fraction of sp³-hybridized carbons (Fsp3) is 0.688. The largest absolute Gasteiger partial charge is 0.480 e. The normalized spacial score (nSPS) is 13.9. The molecule has 0 rings (SSSR count). The van der Waals surface area contributed by atoms with Gasteiger partial charge in [-0.25, -0.2) is 4.79 Å². The van der Waals surface area contributed by atoms with Gasteiger partial charge in [-0.15, -0.1) is 0 Å². The Hall–Kier alpha value is -2.34. The van der Waals surface area contributed by atoms with Gasteiger partial charge in [-0.1, -0.05) is 13.8 Å². The van der Waals surface area contributed by atoms with Crippen molar-refractivity contribution < 1.29 is 29.1 Å². The van der Waals surface area contributed by atoms with E-state index in [9.17, 15) is 29.1 Å². The second-order valence-electron chi connectivity index (χ2n) is 6.60. The highest BCUT2D eigenvalue weighted by molar-refractivity contribution is 7.80. The quantitative estimate of drug-likeness (QED) is 0.163.